The summed E-state index contributed by atoms with van der Waals surface area (Å²) in [5.74, 6) is 2.75. The zero-order chi connectivity index (χ0) is 22.3. The Balaban J connectivity index is 1.32. The van der Waals surface area contributed by atoms with Crippen LogP contribution in [0.1, 0.15) is 44.6 Å². The summed E-state index contributed by atoms with van der Waals surface area (Å²) in [7, 11) is 1.53. The first kappa shape index (κ1) is 22.1. The lowest BCUT2D eigenvalue weighted by molar-refractivity contribution is 0.197. The highest BCUT2D eigenvalue weighted by molar-refractivity contribution is 5.88. The maximum absolute atomic E-state index is 12.6. The largest absolute Gasteiger partial charge is 0.493 e. The number of amides is 2. The van der Waals surface area contributed by atoms with E-state index in [0.717, 1.165) is 24.3 Å². The quantitative estimate of drug-likeness (QED) is 0.689. The summed E-state index contributed by atoms with van der Waals surface area (Å²) in [5, 5.41) is 2.81. The molecule has 0 radical (unpaired) electrons. The summed E-state index contributed by atoms with van der Waals surface area (Å²) >= 11 is 0. The van der Waals surface area contributed by atoms with Gasteiger partial charge in [0.15, 0.2) is 5.82 Å². The number of hydrogen-bond acceptors (Lipinski definition) is 5. The maximum atomic E-state index is 12.6. The normalized spacial score (nSPS) is 20.4. The standard InChI is InChI=1S/C25H32N4O3/c1-18-16-29(25(30)28-23-14-27-24(31-2)15-26-23)11-10-21(18)12-20-8-5-9-22(13-20)32-17-19-6-3-4-7-19/h5,8-9,12-15,18-19H,3-4,6-7,10-11,16-17H2,1-2H3,(H,26,28,30)/b21-12+. The SMILES string of the molecule is COc1cnc(NC(=O)N2CC/C(=C\c3cccc(OCC4CCCC4)c3)C(C)C2)cn1. The molecule has 2 aromatic rings. The van der Waals surface area contributed by atoms with E-state index in [4.69, 9.17) is 9.47 Å². The average Bonchev–Trinajstić information content (AvgIpc) is 3.33. The third-order valence-electron chi connectivity index (χ3n) is 6.33. The number of methoxy groups -OCH3 is 1. The van der Waals surface area contributed by atoms with Crippen molar-refractivity contribution in [2.24, 2.45) is 11.8 Å². The Hall–Kier alpha value is -3.09. The van der Waals surface area contributed by atoms with Crippen molar-refractivity contribution < 1.29 is 14.3 Å². The van der Waals surface area contributed by atoms with E-state index in [0.29, 0.717) is 30.7 Å². The molecular weight excluding hydrogens is 404 g/mol. The number of anilines is 1. The first-order chi connectivity index (χ1) is 15.6. The number of likely N-dealkylation sites (tertiary alicyclic amines) is 1. The van der Waals surface area contributed by atoms with Crippen molar-refractivity contribution in [3.8, 4) is 11.6 Å². The molecule has 4 rings (SSSR count). The van der Waals surface area contributed by atoms with Crippen LogP contribution in [-0.4, -0.2) is 47.7 Å². The number of carbonyl (C=O) groups is 1. The van der Waals surface area contributed by atoms with Gasteiger partial charge in [0.25, 0.3) is 0 Å². The molecule has 170 valence electrons. The molecule has 1 aromatic carbocycles. The summed E-state index contributed by atoms with van der Waals surface area (Å²) in [6.45, 7) is 4.32. The molecule has 2 heterocycles. The van der Waals surface area contributed by atoms with Crippen molar-refractivity contribution in [2.75, 3.05) is 32.1 Å². The summed E-state index contributed by atoms with van der Waals surface area (Å²) < 4.78 is 11.1. The summed E-state index contributed by atoms with van der Waals surface area (Å²) in [6.07, 6.45) is 11.3. The molecule has 2 aliphatic rings. The van der Waals surface area contributed by atoms with E-state index < -0.39 is 0 Å². The smallest absolute Gasteiger partial charge is 0.323 e. The molecule has 0 bridgehead atoms. The Morgan fingerprint density at radius 2 is 2.09 bits per heavy atom. The van der Waals surface area contributed by atoms with Gasteiger partial charge in [-0.3, -0.25) is 5.32 Å². The minimum absolute atomic E-state index is 0.155. The van der Waals surface area contributed by atoms with E-state index in [1.807, 2.05) is 11.0 Å². The number of ether oxygens (including phenoxy) is 2. The summed E-state index contributed by atoms with van der Waals surface area (Å²) in [4.78, 5) is 22.7. The molecular formula is C25H32N4O3. The fourth-order valence-electron chi connectivity index (χ4n) is 4.42. The Labute approximate surface area is 189 Å². The van der Waals surface area contributed by atoms with Gasteiger partial charge in [-0.05, 0) is 48.8 Å². The predicted octanol–water partition coefficient (Wildman–Crippen LogP) is 5.01. The predicted molar refractivity (Wildman–Crippen MR) is 125 cm³/mol. The van der Waals surface area contributed by atoms with Gasteiger partial charge in [-0.25, -0.2) is 14.8 Å². The average molecular weight is 437 g/mol. The Morgan fingerprint density at radius 1 is 1.25 bits per heavy atom. The molecule has 2 amide bonds. The van der Waals surface area contributed by atoms with Gasteiger partial charge in [0.05, 0.1) is 26.1 Å². The fourth-order valence-corrected chi connectivity index (χ4v) is 4.42. The van der Waals surface area contributed by atoms with Crippen LogP contribution in [0.3, 0.4) is 0 Å². The molecule has 1 aliphatic heterocycles. The van der Waals surface area contributed by atoms with Crippen molar-refractivity contribution in [1.82, 2.24) is 14.9 Å². The number of benzene rings is 1. The zero-order valence-corrected chi connectivity index (χ0v) is 18.9. The van der Waals surface area contributed by atoms with Crippen LogP contribution in [0.25, 0.3) is 6.08 Å². The molecule has 1 aromatic heterocycles. The number of hydrogen-bond donors (Lipinski definition) is 1. The summed E-state index contributed by atoms with van der Waals surface area (Å²) in [5.41, 5.74) is 2.51. The topological polar surface area (TPSA) is 76.6 Å². The van der Waals surface area contributed by atoms with Gasteiger partial charge in [0.1, 0.15) is 5.75 Å². The van der Waals surface area contributed by atoms with E-state index in [9.17, 15) is 4.79 Å². The van der Waals surface area contributed by atoms with Gasteiger partial charge >= 0.3 is 6.03 Å². The number of rotatable bonds is 6. The van der Waals surface area contributed by atoms with E-state index in [-0.39, 0.29) is 11.9 Å². The number of aromatic nitrogens is 2. The number of piperidine rings is 1. The van der Waals surface area contributed by atoms with Crippen LogP contribution in [0.4, 0.5) is 10.6 Å². The number of carbonyl (C=O) groups excluding carboxylic acids is 1. The molecule has 7 nitrogen and oxygen atoms in total. The minimum atomic E-state index is -0.155. The van der Waals surface area contributed by atoms with Gasteiger partial charge < -0.3 is 14.4 Å². The third-order valence-corrected chi connectivity index (χ3v) is 6.33. The van der Waals surface area contributed by atoms with Crippen molar-refractivity contribution >= 4 is 17.9 Å². The highest BCUT2D eigenvalue weighted by Crippen LogP contribution is 2.28. The highest BCUT2D eigenvalue weighted by Gasteiger charge is 2.24. The van der Waals surface area contributed by atoms with Crippen LogP contribution in [0.15, 0.2) is 42.2 Å². The lowest BCUT2D eigenvalue weighted by Crippen LogP contribution is -2.42. The minimum Gasteiger partial charge on any atom is -0.493 e. The third kappa shape index (κ3) is 5.78. The Morgan fingerprint density at radius 3 is 2.81 bits per heavy atom. The lowest BCUT2D eigenvalue weighted by Gasteiger charge is -2.33. The second kappa shape index (κ2) is 10.5. The van der Waals surface area contributed by atoms with Crippen molar-refractivity contribution in [3.63, 3.8) is 0 Å². The molecule has 2 fully saturated rings. The molecule has 7 heteroatoms. The van der Waals surface area contributed by atoms with Crippen LogP contribution >= 0.6 is 0 Å². The molecule has 0 spiro atoms. The van der Waals surface area contributed by atoms with Crippen LogP contribution < -0.4 is 14.8 Å². The Kier molecular flexibility index (Phi) is 7.24. The lowest BCUT2D eigenvalue weighted by atomic mass is 9.91. The molecule has 1 atom stereocenters. The number of urea groups is 1. The van der Waals surface area contributed by atoms with E-state index in [1.54, 1.807) is 0 Å². The molecule has 1 unspecified atom stereocenters. The molecule has 1 aliphatic carbocycles. The van der Waals surface area contributed by atoms with E-state index in [2.05, 4.69) is 46.5 Å². The first-order valence-corrected chi connectivity index (χ1v) is 11.5. The monoisotopic (exact) mass is 436 g/mol. The van der Waals surface area contributed by atoms with Gasteiger partial charge in [0, 0.05) is 13.1 Å². The molecule has 1 saturated carbocycles. The van der Waals surface area contributed by atoms with Crippen LogP contribution in [0.5, 0.6) is 11.6 Å². The summed E-state index contributed by atoms with van der Waals surface area (Å²) in [6, 6.07) is 8.17. The van der Waals surface area contributed by atoms with Crippen molar-refractivity contribution in [2.45, 2.75) is 39.0 Å². The highest BCUT2D eigenvalue weighted by atomic mass is 16.5. The Bertz CT molecular complexity index is 938. The fraction of sp³-hybridized carbons (Fsp3) is 0.480. The van der Waals surface area contributed by atoms with Crippen molar-refractivity contribution in [1.29, 1.82) is 0 Å². The number of nitrogens with zero attached hydrogens (tertiary/aromatic N) is 3. The van der Waals surface area contributed by atoms with E-state index in [1.165, 1.54) is 50.8 Å². The first-order valence-electron chi connectivity index (χ1n) is 11.5. The number of nitrogens with one attached hydrogen (secondary N) is 1. The molecule has 1 saturated heterocycles. The molecule has 32 heavy (non-hydrogen) atoms. The van der Waals surface area contributed by atoms with Gasteiger partial charge in [-0.1, -0.05) is 43.5 Å². The van der Waals surface area contributed by atoms with E-state index >= 15 is 0 Å². The van der Waals surface area contributed by atoms with Gasteiger partial charge in [-0.2, -0.15) is 0 Å². The van der Waals surface area contributed by atoms with Gasteiger partial charge in [-0.15, -0.1) is 0 Å². The second-order valence-electron chi connectivity index (χ2n) is 8.72. The van der Waals surface area contributed by atoms with Crippen LogP contribution in [0.2, 0.25) is 0 Å². The zero-order valence-electron chi connectivity index (χ0n) is 18.9. The second-order valence-corrected chi connectivity index (χ2v) is 8.72. The van der Waals surface area contributed by atoms with Crippen LogP contribution in [0, 0.1) is 11.8 Å². The van der Waals surface area contributed by atoms with Crippen molar-refractivity contribution in [3.05, 3.63) is 47.8 Å². The molecule has 1 N–H and O–H groups in total. The maximum Gasteiger partial charge on any atom is 0.323 e. The van der Waals surface area contributed by atoms with Crippen LogP contribution in [-0.2, 0) is 0 Å². The van der Waals surface area contributed by atoms with Gasteiger partial charge in [0.2, 0.25) is 5.88 Å².